The highest BCUT2D eigenvalue weighted by atomic mass is 16.2. The molecule has 134 valence electrons. The molecule has 5 nitrogen and oxygen atoms in total. The number of hydrogen-bond donors (Lipinski definition) is 2. The fourth-order valence-electron chi connectivity index (χ4n) is 2.84. The predicted molar refractivity (Wildman–Crippen MR) is 93.1 cm³/mol. The van der Waals surface area contributed by atoms with Gasteiger partial charge in [-0.1, -0.05) is 41.5 Å². The van der Waals surface area contributed by atoms with Gasteiger partial charge in [0.05, 0.1) is 12.1 Å². The molecule has 0 aromatic carbocycles. The third-order valence-electron chi connectivity index (χ3n) is 4.29. The molecule has 0 bridgehead atoms. The third kappa shape index (κ3) is 6.81. The molecule has 1 amide bonds. The summed E-state index contributed by atoms with van der Waals surface area (Å²) in [4.78, 5) is 36.8. The van der Waals surface area contributed by atoms with Gasteiger partial charge in [-0.3, -0.25) is 14.4 Å². The van der Waals surface area contributed by atoms with Crippen LogP contribution in [-0.4, -0.2) is 36.6 Å². The van der Waals surface area contributed by atoms with Crippen LogP contribution in [0.3, 0.4) is 0 Å². The molecule has 0 rings (SSSR count). The van der Waals surface area contributed by atoms with E-state index in [1.165, 1.54) is 6.92 Å². The molecule has 0 radical (unpaired) electrons. The molecule has 0 aliphatic heterocycles. The van der Waals surface area contributed by atoms with E-state index in [9.17, 15) is 14.4 Å². The number of carbonyl (C=O) groups is 3. The molecule has 0 heterocycles. The van der Waals surface area contributed by atoms with Crippen molar-refractivity contribution in [1.29, 1.82) is 0 Å². The minimum atomic E-state index is -0.496. The first-order valence-corrected chi connectivity index (χ1v) is 8.53. The second-order valence-electron chi connectivity index (χ2n) is 7.37. The van der Waals surface area contributed by atoms with Crippen LogP contribution in [0.5, 0.6) is 0 Å². The SMILES string of the molecule is CNC(C(=O)CC(C(=O)NC(C(C)=O)C(C)C)C(C)C)C(C)C. The van der Waals surface area contributed by atoms with Crippen molar-refractivity contribution in [3.8, 4) is 0 Å². The lowest BCUT2D eigenvalue weighted by Crippen LogP contribution is -2.48. The number of amides is 1. The molecular formula is C18H34N2O3. The number of likely N-dealkylation sites (N-methyl/N-ethyl adjacent to an activating group) is 1. The lowest BCUT2D eigenvalue weighted by atomic mass is 9.85. The van der Waals surface area contributed by atoms with E-state index in [0.717, 1.165) is 0 Å². The highest BCUT2D eigenvalue weighted by Crippen LogP contribution is 2.19. The van der Waals surface area contributed by atoms with E-state index in [2.05, 4.69) is 10.6 Å². The quantitative estimate of drug-likeness (QED) is 0.645. The lowest BCUT2D eigenvalue weighted by molar-refractivity contribution is -0.134. The predicted octanol–water partition coefficient (Wildman–Crippen LogP) is 2.19. The van der Waals surface area contributed by atoms with Crippen molar-refractivity contribution in [2.75, 3.05) is 7.05 Å². The van der Waals surface area contributed by atoms with Crippen LogP contribution in [0.25, 0.3) is 0 Å². The van der Waals surface area contributed by atoms with Gasteiger partial charge in [-0.2, -0.15) is 0 Å². The second-order valence-corrected chi connectivity index (χ2v) is 7.37. The molecule has 3 atom stereocenters. The molecule has 0 aromatic rings. The summed E-state index contributed by atoms with van der Waals surface area (Å²) in [7, 11) is 1.76. The van der Waals surface area contributed by atoms with Gasteiger partial charge in [0, 0.05) is 12.3 Å². The van der Waals surface area contributed by atoms with Gasteiger partial charge in [-0.05, 0) is 31.7 Å². The van der Waals surface area contributed by atoms with Crippen LogP contribution in [0.4, 0.5) is 0 Å². The molecule has 2 N–H and O–H groups in total. The van der Waals surface area contributed by atoms with E-state index in [1.54, 1.807) is 7.05 Å². The standard InChI is InChI=1S/C18H34N2O3/c1-10(2)14(9-15(22)17(19-8)12(5)6)18(23)20-16(11(3)4)13(7)21/h10-12,14,16-17,19H,9H2,1-8H3,(H,20,23). The van der Waals surface area contributed by atoms with Gasteiger partial charge in [0.2, 0.25) is 5.91 Å². The normalized spacial score (nSPS) is 15.6. The summed E-state index contributed by atoms with van der Waals surface area (Å²) in [5.74, 6) is -0.413. The molecule has 23 heavy (non-hydrogen) atoms. The smallest absolute Gasteiger partial charge is 0.224 e. The average molecular weight is 326 g/mol. The molecule has 0 saturated carbocycles. The molecule has 0 fully saturated rings. The Morgan fingerprint density at radius 2 is 1.30 bits per heavy atom. The largest absolute Gasteiger partial charge is 0.346 e. The maximum atomic E-state index is 12.6. The van der Waals surface area contributed by atoms with E-state index >= 15 is 0 Å². The Bertz CT molecular complexity index is 416. The highest BCUT2D eigenvalue weighted by Gasteiger charge is 2.31. The summed E-state index contributed by atoms with van der Waals surface area (Å²) < 4.78 is 0. The summed E-state index contributed by atoms with van der Waals surface area (Å²) in [5, 5.41) is 5.85. The second kappa shape index (κ2) is 9.81. The molecule has 0 spiro atoms. The number of nitrogens with one attached hydrogen (secondary N) is 2. The van der Waals surface area contributed by atoms with Crippen molar-refractivity contribution in [2.24, 2.45) is 23.7 Å². The number of rotatable bonds is 10. The number of Topliss-reactive ketones (excluding diaryl/α,β-unsaturated/α-hetero) is 2. The van der Waals surface area contributed by atoms with Gasteiger partial charge in [-0.15, -0.1) is 0 Å². The van der Waals surface area contributed by atoms with Crippen LogP contribution in [0.15, 0.2) is 0 Å². The maximum absolute atomic E-state index is 12.6. The van der Waals surface area contributed by atoms with Crippen molar-refractivity contribution in [3.05, 3.63) is 0 Å². The first-order chi connectivity index (χ1) is 10.5. The van der Waals surface area contributed by atoms with Crippen LogP contribution in [0.1, 0.15) is 54.9 Å². The summed E-state index contributed by atoms with van der Waals surface area (Å²) in [6, 6.07) is -0.748. The summed E-state index contributed by atoms with van der Waals surface area (Å²) >= 11 is 0. The van der Waals surface area contributed by atoms with Crippen LogP contribution in [0, 0.1) is 23.7 Å². The van der Waals surface area contributed by atoms with Crippen LogP contribution in [-0.2, 0) is 14.4 Å². The van der Waals surface area contributed by atoms with Crippen LogP contribution in [0.2, 0.25) is 0 Å². The van der Waals surface area contributed by atoms with Crippen molar-refractivity contribution in [1.82, 2.24) is 10.6 Å². The van der Waals surface area contributed by atoms with E-state index in [4.69, 9.17) is 0 Å². The monoisotopic (exact) mass is 326 g/mol. The zero-order valence-electron chi connectivity index (χ0n) is 15.9. The van der Waals surface area contributed by atoms with Gasteiger partial charge in [0.15, 0.2) is 11.6 Å². The van der Waals surface area contributed by atoms with E-state index in [0.29, 0.717) is 0 Å². The molecule has 0 aliphatic carbocycles. The third-order valence-corrected chi connectivity index (χ3v) is 4.29. The number of hydrogen-bond acceptors (Lipinski definition) is 4. The van der Waals surface area contributed by atoms with E-state index in [1.807, 2.05) is 41.5 Å². The summed E-state index contributed by atoms with van der Waals surface area (Å²) in [5.41, 5.74) is 0. The molecule has 0 aliphatic rings. The Balaban J connectivity index is 5.08. The molecule has 0 saturated heterocycles. The summed E-state index contributed by atoms with van der Waals surface area (Å²) in [6.07, 6.45) is 0.190. The maximum Gasteiger partial charge on any atom is 0.224 e. The number of carbonyl (C=O) groups excluding carboxylic acids is 3. The zero-order valence-corrected chi connectivity index (χ0v) is 15.9. The van der Waals surface area contributed by atoms with Crippen LogP contribution < -0.4 is 10.6 Å². The zero-order chi connectivity index (χ0) is 18.3. The van der Waals surface area contributed by atoms with Gasteiger partial charge in [-0.25, -0.2) is 0 Å². The van der Waals surface area contributed by atoms with E-state index in [-0.39, 0.29) is 47.7 Å². The van der Waals surface area contributed by atoms with Gasteiger partial charge in [0.1, 0.15) is 0 Å². The van der Waals surface area contributed by atoms with Crippen molar-refractivity contribution < 1.29 is 14.4 Å². The van der Waals surface area contributed by atoms with Crippen LogP contribution >= 0.6 is 0 Å². The first-order valence-electron chi connectivity index (χ1n) is 8.53. The fraction of sp³-hybridized carbons (Fsp3) is 0.833. The number of ketones is 2. The Hall–Kier alpha value is -1.23. The summed E-state index contributed by atoms with van der Waals surface area (Å²) in [6.45, 7) is 13.1. The van der Waals surface area contributed by atoms with Crippen molar-refractivity contribution in [2.45, 2.75) is 67.0 Å². The van der Waals surface area contributed by atoms with Gasteiger partial charge < -0.3 is 10.6 Å². The highest BCUT2D eigenvalue weighted by molar-refractivity contribution is 5.92. The Morgan fingerprint density at radius 3 is 1.61 bits per heavy atom. The van der Waals surface area contributed by atoms with E-state index < -0.39 is 12.0 Å². The minimum absolute atomic E-state index is 0.0284. The Labute approximate surface area is 141 Å². The average Bonchev–Trinajstić information content (AvgIpc) is 2.40. The van der Waals surface area contributed by atoms with Gasteiger partial charge in [0.25, 0.3) is 0 Å². The topological polar surface area (TPSA) is 75.3 Å². The lowest BCUT2D eigenvalue weighted by Gasteiger charge is -2.27. The van der Waals surface area contributed by atoms with Crippen molar-refractivity contribution >= 4 is 17.5 Å². The molecule has 3 unspecified atom stereocenters. The molecular weight excluding hydrogens is 292 g/mol. The molecule has 5 heteroatoms. The first kappa shape index (κ1) is 21.8. The van der Waals surface area contributed by atoms with Gasteiger partial charge >= 0.3 is 0 Å². The Morgan fingerprint density at radius 1 is 0.826 bits per heavy atom. The minimum Gasteiger partial charge on any atom is -0.346 e. The van der Waals surface area contributed by atoms with Crippen molar-refractivity contribution in [3.63, 3.8) is 0 Å². The molecule has 0 aromatic heterocycles. The Kier molecular flexibility index (Phi) is 9.28. The fourth-order valence-corrected chi connectivity index (χ4v) is 2.84.